The molecule has 4 nitrogen and oxygen atoms in total. The highest BCUT2D eigenvalue weighted by atomic mass is 16.1. The minimum atomic E-state index is 0.265. The van der Waals surface area contributed by atoms with E-state index in [0.29, 0.717) is 19.3 Å². The fraction of sp³-hybridized carbons (Fsp3) is 0.480. The number of aromatic nitrogens is 3. The number of ketones is 1. The third kappa shape index (κ3) is 4.75. The molecule has 4 rings (SSSR count). The van der Waals surface area contributed by atoms with Gasteiger partial charge in [0.1, 0.15) is 17.4 Å². The van der Waals surface area contributed by atoms with Crippen LogP contribution in [0.3, 0.4) is 0 Å². The molecule has 1 aliphatic carbocycles. The summed E-state index contributed by atoms with van der Waals surface area (Å²) in [5.74, 6) is 3.08. The monoisotopic (exact) mass is 389 g/mol. The van der Waals surface area contributed by atoms with E-state index < -0.39 is 0 Å². The number of carbonyl (C=O) groups excluding carboxylic acids is 1. The number of nitrogens with zero attached hydrogens (tertiary/aromatic N) is 3. The second-order valence-corrected chi connectivity index (χ2v) is 8.34. The zero-order valence-electron chi connectivity index (χ0n) is 17.4. The number of Topliss-reactive ketones (excluding diaryl/α,β-unsaturated/α-hetero) is 1. The van der Waals surface area contributed by atoms with Crippen molar-refractivity contribution < 1.29 is 4.79 Å². The molecule has 0 saturated heterocycles. The Morgan fingerprint density at radius 1 is 1.00 bits per heavy atom. The molecule has 0 spiro atoms. The van der Waals surface area contributed by atoms with Crippen LogP contribution in [0.4, 0.5) is 0 Å². The van der Waals surface area contributed by atoms with Gasteiger partial charge in [-0.1, -0.05) is 74.6 Å². The molecule has 0 bridgehead atoms. The summed E-state index contributed by atoms with van der Waals surface area (Å²) >= 11 is 0. The molecular formula is C25H31N3O. The smallest absolute Gasteiger partial charge is 0.137 e. The summed E-state index contributed by atoms with van der Waals surface area (Å²) in [7, 11) is 0. The SMILES string of the molecule is CCn1c(CCC(=O)Cc2cccc3ccccc23)nnc1CC1CCCCC1. The molecule has 1 saturated carbocycles. The highest BCUT2D eigenvalue weighted by Gasteiger charge is 2.19. The van der Waals surface area contributed by atoms with Crippen molar-refractivity contribution in [2.24, 2.45) is 5.92 Å². The first kappa shape index (κ1) is 19.8. The van der Waals surface area contributed by atoms with Gasteiger partial charge >= 0.3 is 0 Å². The Balaban J connectivity index is 1.38. The fourth-order valence-corrected chi connectivity index (χ4v) is 4.72. The number of fused-ring (bicyclic) bond motifs is 1. The number of benzene rings is 2. The van der Waals surface area contributed by atoms with Crippen LogP contribution in [-0.4, -0.2) is 20.5 Å². The van der Waals surface area contributed by atoms with Crippen molar-refractivity contribution in [3.8, 4) is 0 Å². The van der Waals surface area contributed by atoms with Gasteiger partial charge in [-0.05, 0) is 29.2 Å². The Labute approximate surface area is 173 Å². The van der Waals surface area contributed by atoms with Crippen molar-refractivity contribution in [1.29, 1.82) is 0 Å². The number of hydrogen-bond donors (Lipinski definition) is 0. The molecule has 0 unspecified atom stereocenters. The molecule has 0 N–H and O–H groups in total. The number of aryl methyl sites for hydroxylation is 1. The van der Waals surface area contributed by atoms with Crippen molar-refractivity contribution in [1.82, 2.24) is 14.8 Å². The average Bonchev–Trinajstić information content (AvgIpc) is 3.14. The Morgan fingerprint density at radius 3 is 2.59 bits per heavy atom. The molecule has 3 aromatic rings. The van der Waals surface area contributed by atoms with Gasteiger partial charge < -0.3 is 4.57 Å². The molecule has 0 amide bonds. The standard InChI is InChI=1S/C25H31N3O/c1-2-28-24(26-27-25(28)17-19-9-4-3-5-10-19)16-15-22(29)18-21-13-8-12-20-11-6-7-14-23(20)21/h6-8,11-14,19H,2-5,9-10,15-18H2,1H3. The van der Waals surface area contributed by atoms with Crippen LogP contribution < -0.4 is 0 Å². The van der Waals surface area contributed by atoms with Crippen molar-refractivity contribution in [2.75, 3.05) is 0 Å². The summed E-state index contributed by atoms with van der Waals surface area (Å²) in [6.45, 7) is 3.02. The zero-order valence-corrected chi connectivity index (χ0v) is 17.4. The van der Waals surface area contributed by atoms with E-state index in [-0.39, 0.29) is 5.78 Å². The van der Waals surface area contributed by atoms with Gasteiger partial charge in [0.05, 0.1) is 0 Å². The van der Waals surface area contributed by atoms with Crippen molar-refractivity contribution >= 4 is 16.6 Å². The summed E-state index contributed by atoms with van der Waals surface area (Å²) in [5.41, 5.74) is 1.11. The molecular weight excluding hydrogens is 358 g/mol. The fourth-order valence-electron chi connectivity index (χ4n) is 4.72. The van der Waals surface area contributed by atoms with E-state index in [2.05, 4.69) is 46.0 Å². The second-order valence-electron chi connectivity index (χ2n) is 8.34. The van der Waals surface area contributed by atoms with Gasteiger partial charge in [-0.3, -0.25) is 4.79 Å². The van der Waals surface area contributed by atoms with Gasteiger partial charge in [0, 0.05) is 32.2 Å². The first-order valence-corrected chi connectivity index (χ1v) is 11.1. The van der Waals surface area contributed by atoms with Crippen LogP contribution in [0.1, 0.15) is 62.7 Å². The van der Waals surface area contributed by atoms with Gasteiger partial charge in [-0.25, -0.2) is 0 Å². The predicted octanol–water partition coefficient (Wildman–Crippen LogP) is 5.32. The molecule has 1 aliphatic rings. The van der Waals surface area contributed by atoms with Crippen molar-refractivity contribution in [2.45, 2.75) is 71.3 Å². The Bertz CT molecular complexity index is 964. The normalized spacial score (nSPS) is 15.1. The lowest BCUT2D eigenvalue weighted by atomic mass is 9.87. The highest BCUT2D eigenvalue weighted by molar-refractivity contribution is 5.90. The lowest BCUT2D eigenvalue weighted by molar-refractivity contribution is -0.118. The second kappa shape index (κ2) is 9.34. The first-order chi connectivity index (χ1) is 14.2. The molecule has 29 heavy (non-hydrogen) atoms. The molecule has 152 valence electrons. The molecule has 1 heterocycles. The first-order valence-electron chi connectivity index (χ1n) is 11.1. The van der Waals surface area contributed by atoms with E-state index >= 15 is 0 Å². The molecule has 4 heteroatoms. The van der Waals surface area contributed by atoms with Gasteiger partial charge in [0.15, 0.2) is 0 Å². The lowest BCUT2D eigenvalue weighted by Crippen LogP contribution is -2.14. The molecule has 1 aromatic heterocycles. The maximum atomic E-state index is 12.7. The molecule has 0 radical (unpaired) electrons. The number of rotatable bonds is 8. The summed E-state index contributed by atoms with van der Waals surface area (Å²) in [5, 5.41) is 11.3. The van der Waals surface area contributed by atoms with Crippen LogP contribution in [-0.2, 0) is 30.6 Å². The zero-order chi connectivity index (χ0) is 20.1. The summed E-state index contributed by atoms with van der Waals surface area (Å²) < 4.78 is 2.24. The summed E-state index contributed by atoms with van der Waals surface area (Å²) in [6, 6.07) is 14.5. The van der Waals surface area contributed by atoms with E-state index in [1.165, 1.54) is 42.9 Å². The highest BCUT2D eigenvalue weighted by Crippen LogP contribution is 2.26. The van der Waals surface area contributed by atoms with Crippen molar-refractivity contribution in [3.63, 3.8) is 0 Å². The van der Waals surface area contributed by atoms with E-state index in [1.807, 2.05) is 18.2 Å². The number of hydrogen-bond acceptors (Lipinski definition) is 3. The average molecular weight is 390 g/mol. The number of carbonyl (C=O) groups is 1. The third-order valence-electron chi connectivity index (χ3n) is 6.31. The Kier molecular flexibility index (Phi) is 6.38. The summed E-state index contributed by atoms with van der Waals surface area (Å²) in [6.07, 6.45) is 9.41. The van der Waals surface area contributed by atoms with E-state index in [4.69, 9.17) is 0 Å². The quantitative estimate of drug-likeness (QED) is 0.524. The Hall–Kier alpha value is -2.49. The molecule has 2 aromatic carbocycles. The van der Waals surface area contributed by atoms with E-state index in [1.54, 1.807) is 0 Å². The predicted molar refractivity (Wildman–Crippen MR) is 117 cm³/mol. The van der Waals surface area contributed by atoms with Crippen LogP contribution in [0.15, 0.2) is 42.5 Å². The molecule has 1 fully saturated rings. The van der Waals surface area contributed by atoms with Crippen LogP contribution >= 0.6 is 0 Å². The maximum Gasteiger partial charge on any atom is 0.137 e. The van der Waals surface area contributed by atoms with Gasteiger partial charge in [0.25, 0.3) is 0 Å². The lowest BCUT2D eigenvalue weighted by Gasteiger charge is -2.21. The minimum absolute atomic E-state index is 0.265. The maximum absolute atomic E-state index is 12.7. The largest absolute Gasteiger partial charge is 0.315 e. The van der Waals surface area contributed by atoms with Crippen molar-refractivity contribution in [3.05, 3.63) is 59.7 Å². The molecule has 0 aliphatic heterocycles. The topological polar surface area (TPSA) is 47.8 Å². The Morgan fingerprint density at radius 2 is 1.76 bits per heavy atom. The molecule has 0 atom stereocenters. The van der Waals surface area contributed by atoms with Gasteiger partial charge in [-0.15, -0.1) is 10.2 Å². The van der Waals surface area contributed by atoms with E-state index in [0.717, 1.165) is 36.1 Å². The third-order valence-corrected chi connectivity index (χ3v) is 6.31. The summed E-state index contributed by atoms with van der Waals surface area (Å²) in [4.78, 5) is 12.7. The van der Waals surface area contributed by atoms with Crippen LogP contribution in [0.2, 0.25) is 0 Å². The van der Waals surface area contributed by atoms with Crippen LogP contribution in [0.5, 0.6) is 0 Å². The van der Waals surface area contributed by atoms with E-state index in [9.17, 15) is 4.79 Å². The minimum Gasteiger partial charge on any atom is -0.315 e. The van der Waals surface area contributed by atoms with Crippen LogP contribution in [0, 0.1) is 5.92 Å². The van der Waals surface area contributed by atoms with Gasteiger partial charge in [-0.2, -0.15) is 0 Å². The van der Waals surface area contributed by atoms with Gasteiger partial charge in [0.2, 0.25) is 0 Å². The van der Waals surface area contributed by atoms with Crippen LogP contribution in [0.25, 0.3) is 10.8 Å².